The SMILES string of the molecule is CC(C)CNC(=O)Cc1ccc2c(c1)NC(=O)CO2. The summed E-state index contributed by atoms with van der Waals surface area (Å²) in [6.45, 7) is 4.81. The predicted octanol–water partition coefficient (Wildman–Crippen LogP) is 1.33. The van der Waals surface area contributed by atoms with Gasteiger partial charge in [0.1, 0.15) is 5.75 Å². The molecule has 0 atom stereocenters. The molecule has 2 rings (SSSR count). The summed E-state index contributed by atoms with van der Waals surface area (Å²) in [5.74, 6) is 0.886. The van der Waals surface area contributed by atoms with E-state index in [1.54, 1.807) is 12.1 Å². The second kappa shape index (κ2) is 5.73. The minimum Gasteiger partial charge on any atom is -0.482 e. The molecule has 1 aliphatic heterocycles. The smallest absolute Gasteiger partial charge is 0.262 e. The molecule has 5 heteroatoms. The van der Waals surface area contributed by atoms with E-state index in [0.717, 1.165) is 5.56 Å². The predicted molar refractivity (Wildman–Crippen MR) is 72.1 cm³/mol. The minimum atomic E-state index is -0.172. The number of hydrogen-bond acceptors (Lipinski definition) is 3. The van der Waals surface area contributed by atoms with Crippen LogP contribution in [0.1, 0.15) is 19.4 Å². The van der Waals surface area contributed by atoms with Crippen molar-refractivity contribution in [3.8, 4) is 5.75 Å². The van der Waals surface area contributed by atoms with Gasteiger partial charge in [-0.25, -0.2) is 0 Å². The van der Waals surface area contributed by atoms with E-state index in [-0.39, 0.29) is 18.4 Å². The van der Waals surface area contributed by atoms with Crippen LogP contribution >= 0.6 is 0 Å². The number of hydrogen-bond donors (Lipinski definition) is 2. The molecule has 1 aromatic rings. The van der Waals surface area contributed by atoms with Crippen LogP contribution in [0.5, 0.6) is 5.75 Å². The lowest BCUT2D eigenvalue weighted by Crippen LogP contribution is -2.29. The molecule has 0 aliphatic carbocycles. The summed E-state index contributed by atoms with van der Waals surface area (Å²) in [4.78, 5) is 22.9. The van der Waals surface area contributed by atoms with Crippen LogP contribution in [0, 0.1) is 5.92 Å². The Morgan fingerprint density at radius 1 is 1.47 bits per heavy atom. The summed E-state index contributed by atoms with van der Waals surface area (Å²) in [6, 6.07) is 5.40. The molecule has 5 nitrogen and oxygen atoms in total. The maximum absolute atomic E-state index is 11.7. The van der Waals surface area contributed by atoms with Crippen molar-refractivity contribution in [1.29, 1.82) is 0 Å². The van der Waals surface area contributed by atoms with Crippen molar-refractivity contribution >= 4 is 17.5 Å². The fraction of sp³-hybridized carbons (Fsp3) is 0.429. The average molecular weight is 262 g/mol. The fourth-order valence-electron chi connectivity index (χ4n) is 1.81. The number of carbonyl (C=O) groups excluding carboxylic acids is 2. The number of nitrogens with one attached hydrogen (secondary N) is 2. The third-order valence-electron chi connectivity index (χ3n) is 2.75. The molecule has 2 amide bonds. The Balaban J connectivity index is 2.00. The first kappa shape index (κ1) is 13.4. The van der Waals surface area contributed by atoms with Crippen molar-refractivity contribution in [3.63, 3.8) is 0 Å². The highest BCUT2D eigenvalue weighted by atomic mass is 16.5. The molecule has 0 spiro atoms. The van der Waals surface area contributed by atoms with Gasteiger partial charge in [-0.15, -0.1) is 0 Å². The molecular weight excluding hydrogens is 244 g/mol. The Morgan fingerprint density at radius 2 is 2.26 bits per heavy atom. The van der Waals surface area contributed by atoms with Gasteiger partial charge in [0.2, 0.25) is 5.91 Å². The molecular formula is C14H18N2O3. The van der Waals surface area contributed by atoms with Crippen molar-refractivity contribution in [2.75, 3.05) is 18.5 Å². The summed E-state index contributed by atoms with van der Waals surface area (Å²) in [6.07, 6.45) is 0.301. The van der Waals surface area contributed by atoms with E-state index in [4.69, 9.17) is 4.74 Å². The van der Waals surface area contributed by atoms with E-state index >= 15 is 0 Å². The molecule has 0 radical (unpaired) electrons. The van der Waals surface area contributed by atoms with Crippen LogP contribution in [0.15, 0.2) is 18.2 Å². The third kappa shape index (κ3) is 3.71. The van der Waals surface area contributed by atoms with Gasteiger partial charge < -0.3 is 15.4 Å². The number of amides is 2. The number of carbonyl (C=O) groups is 2. The number of benzene rings is 1. The van der Waals surface area contributed by atoms with Crippen LogP contribution in [0.4, 0.5) is 5.69 Å². The van der Waals surface area contributed by atoms with Gasteiger partial charge in [0.05, 0.1) is 12.1 Å². The van der Waals surface area contributed by atoms with Crippen LogP contribution in [-0.4, -0.2) is 25.0 Å². The highest BCUT2D eigenvalue weighted by Gasteiger charge is 2.16. The molecule has 2 N–H and O–H groups in total. The zero-order valence-corrected chi connectivity index (χ0v) is 11.2. The van der Waals surface area contributed by atoms with Gasteiger partial charge in [-0.2, -0.15) is 0 Å². The lowest BCUT2D eigenvalue weighted by molar-refractivity contribution is -0.120. The normalized spacial score (nSPS) is 13.5. The lowest BCUT2D eigenvalue weighted by atomic mass is 10.1. The van der Waals surface area contributed by atoms with Gasteiger partial charge >= 0.3 is 0 Å². The van der Waals surface area contributed by atoms with Gasteiger partial charge in [-0.1, -0.05) is 19.9 Å². The molecule has 1 heterocycles. The largest absolute Gasteiger partial charge is 0.482 e. The average Bonchev–Trinajstić information content (AvgIpc) is 2.36. The van der Waals surface area contributed by atoms with Gasteiger partial charge in [0, 0.05) is 6.54 Å². The monoisotopic (exact) mass is 262 g/mol. The second-order valence-electron chi connectivity index (χ2n) is 5.04. The zero-order chi connectivity index (χ0) is 13.8. The molecule has 19 heavy (non-hydrogen) atoms. The summed E-state index contributed by atoms with van der Waals surface area (Å²) in [7, 11) is 0. The first-order valence-electron chi connectivity index (χ1n) is 6.37. The van der Waals surface area contributed by atoms with Crippen molar-refractivity contribution in [1.82, 2.24) is 5.32 Å². The Kier molecular flexibility index (Phi) is 4.04. The number of ether oxygens (including phenoxy) is 1. The lowest BCUT2D eigenvalue weighted by Gasteiger charge is -2.18. The Morgan fingerprint density at radius 3 is 3.00 bits per heavy atom. The molecule has 1 aliphatic rings. The van der Waals surface area contributed by atoms with Gasteiger partial charge in [-0.3, -0.25) is 9.59 Å². The van der Waals surface area contributed by atoms with E-state index in [9.17, 15) is 9.59 Å². The van der Waals surface area contributed by atoms with Crippen molar-refractivity contribution < 1.29 is 14.3 Å². The van der Waals surface area contributed by atoms with E-state index in [0.29, 0.717) is 30.3 Å². The Hall–Kier alpha value is -2.04. The second-order valence-corrected chi connectivity index (χ2v) is 5.04. The van der Waals surface area contributed by atoms with E-state index in [1.165, 1.54) is 0 Å². The molecule has 102 valence electrons. The standard InChI is InChI=1S/C14H18N2O3/c1-9(2)7-15-13(17)6-10-3-4-12-11(5-10)16-14(18)8-19-12/h3-5,9H,6-8H2,1-2H3,(H,15,17)(H,16,18). The van der Waals surface area contributed by atoms with Crippen LogP contribution in [-0.2, 0) is 16.0 Å². The van der Waals surface area contributed by atoms with Crippen LogP contribution in [0.3, 0.4) is 0 Å². The molecule has 0 unspecified atom stereocenters. The van der Waals surface area contributed by atoms with Gasteiger partial charge in [0.15, 0.2) is 6.61 Å². The number of anilines is 1. The molecule has 1 aromatic carbocycles. The Bertz CT molecular complexity index is 497. The van der Waals surface area contributed by atoms with Crippen LogP contribution in [0.25, 0.3) is 0 Å². The summed E-state index contributed by atoms with van der Waals surface area (Å²) in [5.41, 5.74) is 1.48. The number of rotatable bonds is 4. The van der Waals surface area contributed by atoms with Gasteiger partial charge in [-0.05, 0) is 23.6 Å². The number of fused-ring (bicyclic) bond motifs is 1. The zero-order valence-electron chi connectivity index (χ0n) is 11.2. The third-order valence-corrected chi connectivity index (χ3v) is 2.75. The highest BCUT2D eigenvalue weighted by molar-refractivity contribution is 5.95. The first-order valence-corrected chi connectivity index (χ1v) is 6.37. The van der Waals surface area contributed by atoms with E-state index < -0.39 is 0 Å². The van der Waals surface area contributed by atoms with E-state index in [2.05, 4.69) is 10.6 Å². The van der Waals surface area contributed by atoms with Gasteiger partial charge in [0.25, 0.3) is 5.91 Å². The molecule has 0 bridgehead atoms. The maximum Gasteiger partial charge on any atom is 0.262 e. The van der Waals surface area contributed by atoms with Crippen LogP contribution in [0.2, 0.25) is 0 Å². The first-order chi connectivity index (χ1) is 9.04. The van der Waals surface area contributed by atoms with Crippen LogP contribution < -0.4 is 15.4 Å². The fourth-order valence-corrected chi connectivity index (χ4v) is 1.81. The quantitative estimate of drug-likeness (QED) is 0.860. The summed E-state index contributed by atoms with van der Waals surface area (Å²) in [5, 5.41) is 5.59. The van der Waals surface area contributed by atoms with Crippen molar-refractivity contribution in [2.24, 2.45) is 5.92 Å². The van der Waals surface area contributed by atoms with Crippen molar-refractivity contribution in [2.45, 2.75) is 20.3 Å². The minimum absolute atomic E-state index is 0.0169. The molecule has 0 fully saturated rings. The van der Waals surface area contributed by atoms with E-state index in [1.807, 2.05) is 19.9 Å². The van der Waals surface area contributed by atoms with Crippen molar-refractivity contribution in [3.05, 3.63) is 23.8 Å². The Labute approximate surface area is 112 Å². The maximum atomic E-state index is 11.7. The summed E-state index contributed by atoms with van der Waals surface area (Å²) >= 11 is 0. The highest BCUT2D eigenvalue weighted by Crippen LogP contribution is 2.28. The molecule has 0 saturated carbocycles. The molecule has 0 saturated heterocycles. The summed E-state index contributed by atoms with van der Waals surface area (Å²) < 4.78 is 5.26. The topological polar surface area (TPSA) is 67.4 Å². The molecule has 0 aromatic heterocycles.